The predicted molar refractivity (Wildman–Crippen MR) is 133 cm³/mol. The summed E-state index contributed by atoms with van der Waals surface area (Å²) < 4.78 is 17.0. The average molecular weight is 450 g/mol. The summed E-state index contributed by atoms with van der Waals surface area (Å²) in [6.45, 7) is 15.1. The van der Waals surface area contributed by atoms with Crippen LogP contribution in [0, 0.1) is 25.6 Å². The molecule has 3 aromatic heterocycles. The van der Waals surface area contributed by atoms with Gasteiger partial charge in [0.1, 0.15) is 11.2 Å². The van der Waals surface area contributed by atoms with Gasteiger partial charge in [0.25, 0.3) is 0 Å². The Kier molecular flexibility index (Phi) is 6.20. The Morgan fingerprint density at radius 1 is 1.16 bits per heavy atom. The van der Waals surface area contributed by atoms with Gasteiger partial charge in [-0.1, -0.05) is 26.5 Å². The second kappa shape index (κ2) is 8.90. The molecule has 0 fully saturated rings. The number of fused-ring (bicyclic) bond motifs is 2. The molecule has 0 spiro atoms. The van der Waals surface area contributed by atoms with Crippen LogP contribution < -0.4 is 4.90 Å². The van der Waals surface area contributed by atoms with Crippen molar-refractivity contribution in [2.75, 3.05) is 17.3 Å². The predicted octanol–water partition coefficient (Wildman–Crippen LogP) is 6.39. The maximum absolute atomic E-state index is 15.2. The van der Waals surface area contributed by atoms with Gasteiger partial charge in [-0.2, -0.15) is 5.10 Å². The number of imidazole rings is 1. The molecule has 0 aliphatic heterocycles. The molecule has 0 saturated carbocycles. The van der Waals surface area contributed by atoms with Crippen molar-refractivity contribution in [1.29, 1.82) is 0 Å². The molecule has 0 aliphatic carbocycles. The van der Waals surface area contributed by atoms with Crippen molar-refractivity contribution in [1.82, 2.24) is 19.6 Å². The lowest BCUT2D eigenvalue weighted by Gasteiger charge is -2.27. The van der Waals surface area contributed by atoms with Gasteiger partial charge in [-0.3, -0.25) is 0 Å². The highest BCUT2D eigenvalue weighted by Gasteiger charge is 2.15. The van der Waals surface area contributed by atoms with Gasteiger partial charge in [0.15, 0.2) is 11.5 Å². The third kappa shape index (κ3) is 4.63. The van der Waals surface area contributed by atoms with Crippen molar-refractivity contribution in [3.63, 3.8) is 0 Å². The Morgan fingerprint density at radius 2 is 1.94 bits per heavy atom. The molecule has 0 N–H and O–H groups in total. The zero-order valence-electron chi connectivity index (χ0n) is 19.2. The Morgan fingerprint density at radius 3 is 2.66 bits per heavy atom. The summed E-state index contributed by atoms with van der Waals surface area (Å²) in [6.07, 6.45) is 1.88. The second-order valence-corrected chi connectivity index (χ2v) is 9.89. The largest absolute Gasteiger partial charge is 0.362 e. The van der Waals surface area contributed by atoms with E-state index in [2.05, 4.69) is 40.4 Å². The van der Waals surface area contributed by atoms with E-state index in [1.807, 2.05) is 51.2 Å². The van der Waals surface area contributed by atoms with Crippen LogP contribution in [0.2, 0.25) is 0 Å². The number of thioether (sulfide) groups is 1. The first-order valence-electron chi connectivity index (χ1n) is 10.7. The number of hydrogen-bond donors (Lipinski definition) is 0. The normalized spacial score (nSPS) is 11.6. The van der Waals surface area contributed by atoms with Crippen LogP contribution in [0.25, 0.3) is 27.9 Å². The summed E-state index contributed by atoms with van der Waals surface area (Å²) in [5.41, 5.74) is 5.26. The molecule has 0 atom stereocenters. The first-order valence-corrected chi connectivity index (χ1v) is 11.7. The fourth-order valence-corrected chi connectivity index (χ4v) is 4.36. The second-order valence-electron chi connectivity index (χ2n) is 8.65. The van der Waals surface area contributed by atoms with Crippen molar-refractivity contribution in [3.8, 4) is 11.4 Å². The lowest BCUT2D eigenvalue weighted by molar-refractivity contribution is 0.623. The quantitative estimate of drug-likeness (QED) is 0.306. The Balaban J connectivity index is 1.74. The molecule has 0 radical (unpaired) electrons. The molecule has 1 aromatic carbocycles. The highest BCUT2D eigenvalue weighted by atomic mass is 32.2. The number of pyridine rings is 1. The number of halogens is 1. The van der Waals surface area contributed by atoms with Crippen molar-refractivity contribution in [2.45, 2.75) is 34.6 Å². The molecule has 3 heterocycles. The van der Waals surface area contributed by atoms with E-state index in [4.69, 9.17) is 0 Å². The van der Waals surface area contributed by atoms with Gasteiger partial charge >= 0.3 is 0 Å². The molecule has 0 unspecified atom stereocenters. The Hall–Kier alpha value is -2.93. The van der Waals surface area contributed by atoms with Gasteiger partial charge in [-0.15, -0.1) is 11.8 Å². The lowest BCUT2D eigenvalue weighted by Crippen LogP contribution is -2.27. The minimum absolute atomic E-state index is 0.329. The monoisotopic (exact) mass is 449 g/mol. The summed E-state index contributed by atoms with van der Waals surface area (Å²) in [7, 11) is 0. The third-order valence-electron chi connectivity index (χ3n) is 5.14. The van der Waals surface area contributed by atoms with Crippen molar-refractivity contribution in [3.05, 3.63) is 65.1 Å². The topological polar surface area (TPSA) is 46.3 Å². The summed E-state index contributed by atoms with van der Waals surface area (Å²) in [5.74, 6) is 0.859. The van der Waals surface area contributed by atoms with Gasteiger partial charge in [0.05, 0.1) is 23.5 Å². The number of hydrogen-bond acceptors (Lipinski definition) is 5. The molecular weight excluding hydrogens is 421 g/mol. The van der Waals surface area contributed by atoms with Crippen molar-refractivity contribution in [2.24, 2.45) is 5.92 Å². The molecule has 4 rings (SSSR count). The zero-order chi connectivity index (χ0) is 23.0. The first kappa shape index (κ1) is 22.3. The summed E-state index contributed by atoms with van der Waals surface area (Å²) in [6, 6.07) is 9.36. The highest BCUT2D eigenvalue weighted by Crippen LogP contribution is 2.29. The molecular formula is C25H28FN5S. The molecule has 0 bridgehead atoms. The molecule has 32 heavy (non-hydrogen) atoms. The van der Waals surface area contributed by atoms with Gasteiger partial charge in [0, 0.05) is 17.6 Å². The summed E-state index contributed by atoms with van der Waals surface area (Å²) >= 11 is 1.67. The number of benzene rings is 1. The van der Waals surface area contributed by atoms with E-state index < -0.39 is 0 Å². The van der Waals surface area contributed by atoms with Crippen LogP contribution in [0.5, 0.6) is 0 Å². The van der Waals surface area contributed by atoms with Crippen LogP contribution >= 0.6 is 11.8 Å². The van der Waals surface area contributed by atoms with Gasteiger partial charge in [-0.25, -0.2) is 18.9 Å². The van der Waals surface area contributed by atoms with Crippen LogP contribution in [-0.2, 0) is 0 Å². The van der Waals surface area contributed by atoms with Gasteiger partial charge in [-0.05, 0) is 61.4 Å². The van der Waals surface area contributed by atoms with Crippen LogP contribution in [0.4, 0.5) is 10.1 Å². The van der Waals surface area contributed by atoms with Crippen LogP contribution in [0.1, 0.15) is 32.0 Å². The fraction of sp³-hybridized carbons (Fsp3) is 0.320. The first-order chi connectivity index (χ1) is 15.2. The van der Waals surface area contributed by atoms with E-state index in [1.165, 1.54) is 0 Å². The molecule has 0 amide bonds. The van der Waals surface area contributed by atoms with Crippen LogP contribution in [0.15, 0.2) is 48.0 Å². The Bertz CT molecular complexity index is 1310. The standard InChI is InChI=1S/C25H28FN5S/c1-15(2)12-30(14-32-16(3)4)20-10-19-7-8-22(28-24(19)21(26)11-20)23-9-17(5)25-27-18(6)13-31(25)29-23/h7-11,13,15H,3,12,14H2,1-2,4-6H3. The number of aryl methyl sites for hydroxylation is 2. The van der Waals surface area contributed by atoms with E-state index in [-0.39, 0.29) is 5.82 Å². The highest BCUT2D eigenvalue weighted by molar-refractivity contribution is 8.03. The van der Waals surface area contributed by atoms with Gasteiger partial charge < -0.3 is 4.90 Å². The molecule has 166 valence electrons. The SMILES string of the molecule is C=C(C)SCN(CC(C)C)c1cc(F)c2nc(-c3cc(C)c4nc(C)cn4n3)ccc2c1. The number of allylic oxidation sites excluding steroid dienone is 1. The molecule has 4 aromatic rings. The number of rotatable bonds is 7. The maximum Gasteiger partial charge on any atom is 0.156 e. The average Bonchev–Trinajstić information content (AvgIpc) is 3.11. The number of nitrogens with zero attached hydrogens (tertiary/aromatic N) is 5. The minimum Gasteiger partial charge on any atom is -0.362 e. The van der Waals surface area contributed by atoms with Crippen LogP contribution in [0.3, 0.4) is 0 Å². The fourth-order valence-electron chi connectivity index (χ4n) is 3.73. The van der Waals surface area contributed by atoms with Crippen LogP contribution in [-0.4, -0.2) is 32.0 Å². The zero-order valence-corrected chi connectivity index (χ0v) is 20.0. The Labute approximate surface area is 192 Å². The number of anilines is 1. The van der Waals surface area contributed by atoms with E-state index in [1.54, 1.807) is 22.3 Å². The van der Waals surface area contributed by atoms with Crippen molar-refractivity contribution < 1.29 is 4.39 Å². The van der Waals surface area contributed by atoms with E-state index in [0.717, 1.165) is 45.3 Å². The molecule has 5 nitrogen and oxygen atoms in total. The summed E-state index contributed by atoms with van der Waals surface area (Å²) in [5, 5.41) is 5.41. The van der Waals surface area contributed by atoms with Crippen molar-refractivity contribution >= 4 is 34.0 Å². The molecule has 0 saturated heterocycles. The minimum atomic E-state index is -0.329. The molecule has 7 heteroatoms. The van der Waals surface area contributed by atoms with Gasteiger partial charge in [0.2, 0.25) is 0 Å². The van der Waals surface area contributed by atoms with E-state index in [0.29, 0.717) is 22.8 Å². The lowest BCUT2D eigenvalue weighted by atomic mass is 10.1. The third-order valence-corrected chi connectivity index (χ3v) is 6.07. The van der Waals surface area contributed by atoms with E-state index >= 15 is 4.39 Å². The molecule has 0 aliphatic rings. The van der Waals surface area contributed by atoms with E-state index in [9.17, 15) is 0 Å². The maximum atomic E-state index is 15.2. The smallest absolute Gasteiger partial charge is 0.156 e. The number of aromatic nitrogens is 4. The summed E-state index contributed by atoms with van der Waals surface area (Å²) in [4.78, 5) is 12.4.